The third-order valence-corrected chi connectivity index (χ3v) is 4.33. The number of benzene rings is 1. The van der Waals surface area contributed by atoms with Crippen molar-refractivity contribution in [1.82, 2.24) is 9.80 Å². The van der Waals surface area contributed by atoms with Gasteiger partial charge in [0.1, 0.15) is 0 Å². The lowest BCUT2D eigenvalue weighted by Gasteiger charge is -2.39. The summed E-state index contributed by atoms with van der Waals surface area (Å²) in [5.41, 5.74) is 7.39. The first-order valence-electron chi connectivity index (χ1n) is 7.35. The van der Waals surface area contributed by atoms with Crippen LogP contribution in [0.2, 0.25) is 0 Å². The average Bonchev–Trinajstić information content (AvgIpc) is 2.46. The number of nitrogens with zero attached hydrogens (tertiary/aromatic N) is 2. The highest BCUT2D eigenvalue weighted by atomic mass is 15.2. The number of piperidine rings is 1. The van der Waals surface area contributed by atoms with Gasteiger partial charge in [0.2, 0.25) is 0 Å². The number of hydrogen-bond donors (Lipinski definition) is 1. The second kappa shape index (κ2) is 7.04. The van der Waals surface area contributed by atoms with Crippen LogP contribution in [0.5, 0.6) is 0 Å². The van der Waals surface area contributed by atoms with Gasteiger partial charge in [0.25, 0.3) is 0 Å². The van der Waals surface area contributed by atoms with Gasteiger partial charge in [-0.15, -0.1) is 0 Å². The van der Waals surface area contributed by atoms with E-state index in [9.17, 15) is 0 Å². The van der Waals surface area contributed by atoms with Gasteiger partial charge in [-0.05, 0) is 52.0 Å². The Bertz CT molecular complexity index is 356. The van der Waals surface area contributed by atoms with Crippen LogP contribution in [0.1, 0.15) is 18.4 Å². The van der Waals surface area contributed by atoms with Crippen molar-refractivity contribution in [2.75, 3.05) is 33.7 Å². The molecule has 1 saturated heterocycles. The molecule has 0 radical (unpaired) electrons. The topological polar surface area (TPSA) is 32.5 Å². The predicted molar refractivity (Wildman–Crippen MR) is 81.3 cm³/mol. The van der Waals surface area contributed by atoms with E-state index in [0.717, 1.165) is 19.0 Å². The van der Waals surface area contributed by atoms with E-state index >= 15 is 0 Å². The van der Waals surface area contributed by atoms with Crippen molar-refractivity contribution in [3.63, 3.8) is 0 Å². The molecule has 1 aromatic carbocycles. The zero-order valence-electron chi connectivity index (χ0n) is 12.3. The highest BCUT2D eigenvalue weighted by Crippen LogP contribution is 2.18. The normalized spacial score (nSPS) is 19.8. The molecule has 3 nitrogen and oxygen atoms in total. The fraction of sp³-hybridized carbons (Fsp3) is 0.625. The highest BCUT2D eigenvalue weighted by molar-refractivity contribution is 5.16. The number of likely N-dealkylation sites (tertiary alicyclic amines) is 1. The fourth-order valence-corrected chi connectivity index (χ4v) is 3.02. The summed E-state index contributed by atoms with van der Waals surface area (Å²) in [5.74, 6) is 0. The van der Waals surface area contributed by atoms with E-state index < -0.39 is 0 Å². The molecule has 1 unspecified atom stereocenters. The molecule has 0 bridgehead atoms. The van der Waals surface area contributed by atoms with Gasteiger partial charge in [-0.2, -0.15) is 0 Å². The number of nitrogens with two attached hydrogens (primary N) is 1. The van der Waals surface area contributed by atoms with Gasteiger partial charge in [-0.1, -0.05) is 30.3 Å². The Morgan fingerprint density at radius 3 is 2.37 bits per heavy atom. The molecular formula is C16H27N3. The number of rotatable bonds is 5. The molecular weight excluding hydrogens is 234 g/mol. The molecule has 1 heterocycles. The summed E-state index contributed by atoms with van der Waals surface area (Å²) in [7, 11) is 4.37. The summed E-state index contributed by atoms with van der Waals surface area (Å²) in [6.07, 6.45) is 3.60. The maximum absolute atomic E-state index is 5.99. The van der Waals surface area contributed by atoms with E-state index in [1.54, 1.807) is 0 Å². The van der Waals surface area contributed by atoms with Crippen molar-refractivity contribution in [1.29, 1.82) is 0 Å². The van der Waals surface area contributed by atoms with Crippen LogP contribution in [0.4, 0.5) is 0 Å². The lowest BCUT2D eigenvalue weighted by atomic mass is 9.99. The first-order valence-corrected chi connectivity index (χ1v) is 7.35. The van der Waals surface area contributed by atoms with Crippen LogP contribution in [0.15, 0.2) is 30.3 Å². The predicted octanol–water partition coefficient (Wildman–Crippen LogP) is 1.58. The van der Waals surface area contributed by atoms with E-state index in [-0.39, 0.29) is 0 Å². The summed E-state index contributed by atoms with van der Waals surface area (Å²) in [6, 6.07) is 11.9. The smallest absolute Gasteiger partial charge is 0.0258 e. The van der Waals surface area contributed by atoms with Gasteiger partial charge in [0.15, 0.2) is 0 Å². The zero-order chi connectivity index (χ0) is 13.7. The second-order valence-electron chi connectivity index (χ2n) is 5.81. The molecule has 1 aliphatic heterocycles. The van der Waals surface area contributed by atoms with Crippen molar-refractivity contribution in [3.05, 3.63) is 35.9 Å². The Hall–Kier alpha value is -0.900. The highest BCUT2D eigenvalue weighted by Gasteiger charge is 2.25. The monoisotopic (exact) mass is 261 g/mol. The van der Waals surface area contributed by atoms with Crippen LogP contribution >= 0.6 is 0 Å². The van der Waals surface area contributed by atoms with Gasteiger partial charge in [0, 0.05) is 18.6 Å². The van der Waals surface area contributed by atoms with E-state index in [4.69, 9.17) is 5.73 Å². The Morgan fingerprint density at radius 2 is 1.84 bits per heavy atom. The molecule has 0 aromatic heterocycles. The third-order valence-electron chi connectivity index (χ3n) is 4.33. The SMILES string of the molecule is CN(C)C1CCN(C(CN)Cc2ccccc2)CC1. The standard InChI is InChI=1S/C16H27N3/c1-18(2)15-8-10-19(11-9-15)16(13-17)12-14-6-4-3-5-7-14/h3-7,15-16H,8-13,17H2,1-2H3. The summed E-state index contributed by atoms with van der Waals surface area (Å²) < 4.78 is 0. The Labute approximate surface area is 117 Å². The van der Waals surface area contributed by atoms with Gasteiger partial charge in [-0.25, -0.2) is 0 Å². The van der Waals surface area contributed by atoms with Crippen LogP contribution in [-0.4, -0.2) is 55.6 Å². The van der Waals surface area contributed by atoms with Gasteiger partial charge in [-0.3, -0.25) is 4.90 Å². The molecule has 1 aliphatic rings. The van der Waals surface area contributed by atoms with E-state index in [2.05, 4.69) is 54.2 Å². The van der Waals surface area contributed by atoms with Crippen LogP contribution in [0, 0.1) is 0 Å². The summed E-state index contributed by atoms with van der Waals surface area (Å²) in [4.78, 5) is 4.93. The van der Waals surface area contributed by atoms with E-state index in [1.165, 1.54) is 31.5 Å². The molecule has 0 amide bonds. The molecule has 1 fully saturated rings. The Balaban J connectivity index is 1.89. The Morgan fingerprint density at radius 1 is 1.21 bits per heavy atom. The molecule has 1 aromatic rings. The van der Waals surface area contributed by atoms with E-state index in [0.29, 0.717) is 6.04 Å². The third kappa shape index (κ3) is 4.03. The molecule has 19 heavy (non-hydrogen) atoms. The average molecular weight is 261 g/mol. The van der Waals surface area contributed by atoms with E-state index in [1.807, 2.05) is 0 Å². The van der Waals surface area contributed by atoms with Gasteiger partial charge >= 0.3 is 0 Å². The number of hydrogen-bond acceptors (Lipinski definition) is 3. The van der Waals surface area contributed by atoms with Crippen molar-refractivity contribution in [2.45, 2.75) is 31.3 Å². The molecule has 1 atom stereocenters. The van der Waals surface area contributed by atoms with Crippen molar-refractivity contribution >= 4 is 0 Å². The summed E-state index contributed by atoms with van der Waals surface area (Å²) in [6.45, 7) is 3.11. The fourth-order valence-electron chi connectivity index (χ4n) is 3.02. The molecule has 106 valence electrons. The lowest BCUT2D eigenvalue weighted by molar-refractivity contribution is 0.110. The first kappa shape index (κ1) is 14.5. The molecule has 0 aliphatic carbocycles. The minimum Gasteiger partial charge on any atom is -0.329 e. The zero-order valence-corrected chi connectivity index (χ0v) is 12.3. The van der Waals surface area contributed by atoms with Gasteiger partial charge in [0.05, 0.1) is 0 Å². The summed E-state index contributed by atoms with van der Waals surface area (Å²) in [5, 5.41) is 0. The first-order chi connectivity index (χ1) is 9.20. The molecule has 0 spiro atoms. The van der Waals surface area contributed by atoms with Crippen LogP contribution in [-0.2, 0) is 6.42 Å². The van der Waals surface area contributed by atoms with Crippen molar-refractivity contribution in [2.24, 2.45) is 5.73 Å². The maximum Gasteiger partial charge on any atom is 0.0258 e. The second-order valence-corrected chi connectivity index (χ2v) is 5.81. The Kier molecular flexibility index (Phi) is 5.37. The molecule has 2 N–H and O–H groups in total. The van der Waals surface area contributed by atoms with Crippen LogP contribution in [0.25, 0.3) is 0 Å². The quantitative estimate of drug-likeness (QED) is 0.873. The lowest BCUT2D eigenvalue weighted by Crippen LogP contribution is -2.49. The molecule has 2 rings (SSSR count). The van der Waals surface area contributed by atoms with Crippen LogP contribution in [0.3, 0.4) is 0 Å². The molecule has 3 heteroatoms. The van der Waals surface area contributed by atoms with Crippen LogP contribution < -0.4 is 5.73 Å². The van der Waals surface area contributed by atoms with Gasteiger partial charge < -0.3 is 10.6 Å². The largest absolute Gasteiger partial charge is 0.329 e. The minimum absolute atomic E-state index is 0.491. The summed E-state index contributed by atoms with van der Waals surface area (Å²) >= 11 is 0. The minimum atomic E-state index is 0.491. The van der Waals surface area contributed by atoms with Crippen molar-refractivity contribution in [3.8, 4) is 0 Å². The van der Waals surface area contributed by atoms with Crippen molar-refractivity contribution < 1.29 is 0 Å². The molecule has 0 saturated carbocycles. The maximum atomic E-state index is 5.99.